The van der Waals surface area contributed by atoms with Crippen molar-refractivity contribution in [3.63, 3.8) is 0 Å². The van der Waals surface area contributed by atoms with E-state index in [1.54, 1.807) is 30.3 Å². The Morgan fingerprint density at radius 2 is 1.66 bits per heavy atom. The number of sulfonamides is 1. The molecule has 204 valence electrons. The number of carbonyl (C=O) groups excluding carboxylic acids is 2. The van der Waals surface area contributed by atoms with Gasteiger partial charge >= 0.3 is 0 Å². The summed E-state index contributed by atoms with van der Waals surface area (Å²) in [6.07, 6.45) is 3.28. The largest absolute Gasteiger partial charge is 0.495 e. The van der Waals surface area contributed by atoms with Crippen molar-refractivity contribution in [3.05, 3.63) is 40.9 Å². The highest BCUT2D eigenvalue weighted by Gasteiger charge is 2.40. The maximum Gasteiger partial charge on any atom is 0.243 e. The molecule has 2 fully saturated rings. The van der Waals surface area contributed by atoms with Gasteiger partial charge in [-0.1, -0.05) is 11.6 Å². The van der Waals surface area contributed by atoms with Crippen molar-refractivity contribution in [3.8, 4) is 11.5 Å². The highest BCUT2D eigenvalue weighted by atomic mass is 35.5. The van der Waals surface area contributed by atoms with Crippen LogP contribution in [0, 0.1) is 11.8 Å². The molecule has 1 N–H and O–H groups in total. The van der Waals surface area contributed by atoms with Gasteiger partial charge in [-0.25, -0.2) is 8.42 Å². The van der Waals surface area contributed by atoms with Crippen LogP contribution in [0.25, 0.3) is 0 Å². The average molecular weight is 562 g/mol. The van der Waals surface area contributed by atoms with Crippen molar-refractivity contribution in [2.24, 2.45) is 11.8 Å². The second kappa shape index (κ2) is 10.4. The van der Waals surface area contributed by atoms with Crippen LogP contribution in [0.2, 0.25) is 5.02 Å². The molecule has 1 atom stereocenters. The first-order valence-electron chi connectivity index (χ1n) is 12.8. The monoisotopic (exact) mass is 561 g/mol. The summed E-state index contributed by atoms with van der Waals surface area (Å²) in [4.78, 5) is 27.8. The van der Waals surface area contributed by atoms with Crippen molar-refractivity contribution < 1.29 is 27.5 Å². The second-order valence-corrected chi connectivity index (χ2v) is 12.5. The van der Waals surface area contributed by atoms with Crippen LogP contribution in [-0.4, -0.2) is 57.9 Å². The molecule has 0 bridgehead atoms. The fourth-order valence-corrected chi connectivity index (χ4v) is 7.09. The Bertz CT molecular complexity index is 1370. The van der Waals surface area contributed by atoms with Gasteiger partial charge in [0.1, 0.15) is 11.5 Å². The molecule has 2 amide bonds. The van der Waals surface area contributed by atoms with Gasteiger partial charge in [0.05, 0.1) is 29.8 Å². The number of nitrogens with one attached hydrogen (secondary N) is 1. The number of ether oxygens (including phenoxy) is 2. The number of piperidine rings is 1. The van der Waals surface area contributed by atoms with Crippen LogP contribution in [0.4, 0.5) is 11.4 Å². The van der Waals surface area contributed by atoms with Crippen molar-refractivity contribution in [1.29, 1.82) is 0 Å². The predicted molar refractivity (Wildman–Crippen MR) is 144 cm³/mol. The number of hydrogen-bond donors (Lipinski definition) is 1. The summed E-state index contributed by atoms with van der Waals surface area (Å²) in [5, 5.41) is 3.20. The standard InChI is InChI=1S/C27H32ClN3O6S/c1-16-12-19-13-20(6-7-23(19)31(16)27(33)18-4-5-18)38(34,35)30-10-8-17(9-11-30)26(32)29-22-14-21(28)24(36-2)15-25(22)37-3/h6-7,13-18H,4-5,8-12H2,1-3H3,(H,29,32)/t16-/m1/s1. The number of benzene rings is 2. The molecule has 2 aromatic rings. The number of amides is 2. The molecule has 5 rings (SSSR count). The fraction of sp³-hybridized carbons (Fsp3) is 0.481. The number of methoxy groups -OCH3 is 2. The van der Waals surface area contributed by atoms with Gasteiger partial charge in [0.25, 0.3) is 0 Å². The smallest absolute Gasteiger partial charge is 0.243 e. The molecular formula is C27H32ClN3O6S. The third-order valence-corrected chi connectivity index (χ3v) is 9.81. The summed E-state index contributed by atoms with van der Waals surface area (Å²) >= 11 is 6.21. The van der Waals surface area contributed by atoms with Gasteiger partial charge in [-0.15, -0.1) is 0 Å². The van der Waals surface area contributed by atoms with Crippen LogP contribution in [0.15, 0.2) is 35.2 Å². The molecule has 2 aliphatic heterocycles. The van der Waals surface area contributed by atoms with Gasteiger partial charge in [-0.05, 0) is 68.9 Å². The first-order valence-corrected chi connectivity index (χ1v) is 14.6. The molecule has 9 nitrogen and oxygen atoms in total. The molecule has 11 heteroatoms. The quantitative estimate of drug-likeness (QED) is 0.546. The normalized spacial score (nSPS) is 20.2. The zero-order valence-electron chi connectivity index (χ0n) is 21.7. The van der Waals surface area contributed by atoms with E-state index in [1.807, 2.05) is 11.8 Å². The number of hydrogen-bond acceptors (Lipinski definition) is 6. The number of nitrogens with zero attached hydrogens (tertiary/aromatic N) is 2. The van der Waals surface area contributed by atoms with Gasteiger partial charge in [-0.2, -0.15) is 4.31 Å². The van der Waals surface area contributed by atoms with Crippen LogP contribution in [-0.2, 0) is 26.0 Å². The molecule has 3 aliphatic rings. The van der Waals surface area contributed by atoms with E-state index in [2.05, 4.69) is 5.32 Å². The van der Waals surface area contributed by atoms with Gasteiger partial charge < -0.3 is 19.7 Å². The van der Waals surface area contributed by atoms with Crippen molar-refractivity contribution in [1.82, 2.24) is 4.31 Å². The maximum atomic E-state index is 13.5. The van der Waals surface area contributed by atoms with E-state index in [9.17, 15) is 18.0 Å². The van der Waals surface area contributed by atoms with Gasteiger partial charge in [0, 0.05) is 42.7 Å². The lowest BCUT2D eigenvalue weighted by Gasteiger charge is -2.31. The predicted octanol–water partition coefficient (Wildman–Crippen LogP) is 4.08. The Hall–Kier alpha value is -2.82. The van der Waals surface area contributed by atoms with E-state index in [0.29, 0.717) is 41.5 Å². The van der Waals surface area contributed by atoms with Crippen LogP contribution >= 0.6 is 11.6 Å². The van der Waals surface area contributed by atoms with Gasteiger partial charge in [-0.3, -0.25) is 9.59 Å². The molecule has 0 unspecified atom stereocenters. The molecule has 0 spiro atoms. The summed E-state index contributed by atoms with van der Waals surface area (Å²) in [5.74, 6) is 0.532. The third kappa shape index (κ3) is 4.97. The molecule has 0 radical (unpaired) electrons. The average Bonchev–Trinajstić information content (AvgIpc) is 3.70. The zero-order chi connectivity index (χ0) is 27.2. The lowest BCUT2D eigenvalue weighted by atomic mass is 9.97. The lowest BCUT2D eigenvalue weighted by molar-refractivity contribution is -0.121. The number of halogens is 1. The Kier molecular flexibility index (Phi) is 7.32. The Balaban J connectivity index is 1.24. The van der Waals surface area contributed by atoms with E-state index in [4.69, 9.17) is 21.1 Å². The van der Waals surface area contributed by atoms with Crippen molar-refractivity contribution in [2.75, 3.05) is 37.5 Å². The van der Waals surface area contributed by atoms with E-state index in [1.165, 1.54) is 18.5 Å². The minimum Gasteiger partial charge on any atom is -0.495 e. The van der Waals surface area contributed by atoms with Crippen molar-refractivity contribution in [2.45, 2.75) is 50.0 Å². The Morgan fingerprint density at radius 1 is 0.974 bits per heavy atom. The molecule has 1 aliphatic carbocycles. The molecule has 2 aromatic carbocycles. The SMILES string of the molecule is COc1cc(OC)c(NC(=O)C2CCN(S(=O)(=O)c3ccc4c(c3)C[C@@H](C)N4C(=O)C3CC3)CC2)cc1Cl. The summed E-state index contributed by atoms with van der Waals surface area (Å²) in [5.41, 5.74) is 2.13. The molecule has 2 heterocycles. The van der Waals surface area contributed by atoms with E-state index in [0.717, 1.165) is 24.1 Å². The molecule has 0 aromatic heterocycles. The zero-order valence-corrected chi connectivity index (χ0v) is 23.3. The molecular weight excluding hydrogens is 530 g/mol. The summed E-state index contributed by atoms with van der Waals surface area (Å²) in [6.45, 7) is 2.47. The number of rotatable bonds is 7. The van der Waals surface area contributed by atoms with E-state index in [-0.39, 0.29) is 47.7 Å². The third-order valence-electron chi connectivity index (χ3n) is 7.62. The minimum atomic E-state index is -3.73. The second-order valence-electron chi connectivity index (χ2n) is 10.2. The maximum absolute atomic E-state index is 13.5. The van der Waals surface area contributed by atoms with Crippen LogP contribution in [0.3, 0.4) is 0 Å². The topological polar surface area (TPSA) is 105 Å². The molecule has 1 saturated heterocycles. The first kappa shape index (κ1) is 26.8. The fourth-order valence-electron chi connectivity index (χ4n) is 5.33. The Morgan fingerprint density at radius 3 is 2.29 bits per heavy atom. The first-order chi connectivity index (χ1) is 18.1. The number of carbonyl (C=O) groups is 2. The molecule has 1 saturated carbocycles. The van der Waals surface area contributed by atoms with Crippen molar-refractivity contribution >= 4 is 44.8 Å². The van der Waals surface area contributed by atoms with Crippen LogP contribution in [0.1, 0.15) is 38.2 Å². The minimum absolute atomic E-state index is 0.0181. The van der Waals surface area contributed by atoms with E-state index < -0.39 is 10.0 Å². The summed E-state index contributed by atoms with van der Waals surface area (Å²) < 4.78 is 38.9. The van der Waals surface area contributed by atoms with Crippen LogP contribution < -0.4 is 19.7 Å². The number of anilines is 2. The van der Waals surface area contributed by atoms with E-state index >= 15 is 0 Å². The number of fused-ring (bicyclic) bond motifs is 1. The lowest BCUT2D eigenvalue weighted by Crippen LogP contribution is -2.41. The highest BCUT2D eigenvalue weighted by Crippen LogP contribution is 2.40. The summed E-state index contributed by atoms with van der Waals surface area (Å²) in [6, 6.07) is 8.26. The van der Waals surface area contributed by atoms with Gasteiger partial charge in [0.15, 0.2) is 0 Å². The van der Waals surface area contributed by atoms with Crippen LogP contribution in [0.5, 0.6) is 11.5 Å². The Labute approximate surface area is 228 Å². The van der Waals surface area contributed by atoms with Gasteiger partial charge in [0.2, 0.25) is 21.8 Å². The summed E-state index contributed by atoms with van der Waals surface area (Å²) in [7, 11) is -0.743. The molecule has 38 heavy (non-hydrogen) atoms. The highest BCUT2D eigenvalue weighted by molar-refractivity contribution is 7.89.